The normalized spacial score (nSPS) is 23.9. The van der Waals surface area contributed by atoms with Crippen LogP contribution in [0.4, 0.5) is 0 Å². The summed E-state index contributed by atoms with van der Waals surface area (Å²) in [6.45, 7) is 4.01. The number of unbranched alkanes of at least 4 members (excludes halogenated alkanes) is 11. The first-order valence-electron chi connectivity index (χ1n) is 20.6. The van der Waals surface area contributed by atoms with Gasteiger partial charge in [0.2, 0.25) is 0 Å². The molecular weight excluding hydrogens is 727 g/mol. The lowest BCUT2D eigenvalue weighted by Crippen LogP contribution is -2.64. The van der Waals surface area contributed by atoms with Gasteiger partial charge in [0.15, 0.2) is 0 Å². The van der Waals surface area contributed by atoms with Crippen molar-refractivity contribution in [1.82, 2.24) is 0 Å². The second kappa shape index (κ2) is 33.1. The van der Waals surface area contributed by atoms with Crippen LogP contribution in [-0.2, 0) is 27.9 Å². The molecule has 0 spiro atoms. The molecule has 0 saturated heterocycles. The number of esters is 1. The zero-order valence-corrected chi connectivity index (χ0v) is 34.3. The first-order valence-corrected chi connectivity index (χ1v) is 22.1. The number of ether oxygens (including phenoxy) is 2. The van der Waals surface area contributed by atoms with Crippen molar-refractivity contribution in [2.24, 2.45) is 0 Å². The second-order valence-electron chi connectivity index (χ2n) is 14.1. The Labute approximate surface area is 330 Å². The molecule has 6 N–H and O–H groups in total. The van der Waals surface area contributed by atoms with Crippen LogP contribution in [0, 0.1) is 0 Å². The predicted octanol–water partition coefficient (Wildman–Crippen LogP) is 7.47. The zero-order chi connectivity index (χ0) is 40.6. The van der Waals surface area contributed by atoms with Gasteiger partial charge in [0.1, 0.15) is 42.7 Å². The van der Waals surface area contributed by atoms with E-state index in [4.69, 9.17) is 18.5 Å². The summed E-state index contributed by atoms with van der Waals surface area (Å²) in [5.74, 6) is -0.514. The van der Waals surface area contributed by atoms with Crippen molar-refractivity contribution in [2.75, 3.05) is 19.8 Å². The van der Waals surface area contributed by atoms with Gasteiger partial charge < -0.3 is 39.9 Å². The number of allylic oxidation sites excluding steroid dienone is 10. The van der Waals surface area contributed by atoms with E-state index in [1.165, 1.54) is 12.8 Å². The third-order valence-electron chi connectivity index (χ3n) is 9.12. The van der Waals surface area contributed by atoms with Crippen LogP contribution in [0.2, 0.25) is 0 Å². The molecular formula is C42H73O12P. The van der Waals surface area contributed by atoms with E-state index in [0.29, 0.717) is 13.0 Å². The van der Waals surface area contributed by atoms with Crippen molar-refractivity contribution in [3.8, 4) is 0 Å². The highest BCUT2D eigenvalue weighted by atomic mass is 31.2. The summed E-state index contributed by atoms with van der Waals surface area (Å²) >= 11 is 0. The molecule has 318 valence electrons. The third-order valence-corrected chi connectivity index (χ3v) is 10.1. The smallest absolute Gasteiger partial charge is 0.457 e. The molecule has 55 heavy (non-hydrogen) atoms. The maximum absolute atomic E-state index is 12.8. The van der Waals surface area contributed by atoms with Crippen LogP contribution in [-0.4, -0.2) is 98.9 Å². The quantitative estimate of drug-likeness (QED) is 0.0166. The largest absolute Gasteiger partial charge is 0.472 e. The summed E-state index contributed by atoms with van der Waals surface area (Å²) in [5.41, 5.74) is 0. The summed E-state index contributed by atoms with van der Waals surface area (Å²) in [7, 11) is -5.03. The van der Waals surface area contributed by atoms with Gasteiger partial charge in [-0.3, -0.25) is 13.8 Å². The highest BCUT2D eigenvalue weighted by Gasteiger charge is 2.51. The predicted molar refractivity (Wildman–Crippen MR) is 216 cm³/mol. The molecule has 1 fully saturated rings. The van der Waals surface area contributed by atoms with Gasteiger partial charge in [0.25, 0.3) is 0 Å². The Bertz CT molecular complexity index is 1140. The summed E-state index contributed by atoms with van der Waals surface area (Å²) < 4.78 is 34.0. The lowest BCUT2D eigenvalue weighted by atomic mass is 9.85. The van der Waals surface area contributed by atoms with Gasteiger partial charge in [-0.1, -0.05) is 120 Å². The van der Waals surface area contributed by atoms with Gasteiger partial charge in [-0.05, 0) is 70.6 Å². The average Bonchev–Trinajstić information content (AvgIpc) is 3.17. The number of carbonyl (C=O) groups is 1. The molecule has 0 aromatic rings. The molecule has 0 radical (unpaired) electrons. The lowest BCUT2D eigenvalue weighted by molar-refractivity contribution is -0.220. The van der Waals surface area contributed by atoms with Crippen molar-refractivity contribution in [1.29, 1.82) is 0 Å². The fraction of sp³-hybridized carbons (Fsp3) is 0.738. The first-order chi connectivity index (χ1) is 26.5. The fourth-order valence-electron chi connectivity index (χ4n) is 5.80. The Hall–Kier alpha value is -1.96. The standard InChI is InChI=1S/C42H73O12P/c1-3-5-7-9-11-13-15-17-18-20-22-24-26-28-30-32-51-33-35(34-52-55(49,50)54-42-40(47)38(45)37(44)39(46)41(42)48)53-36(43)31-29-27-25-23-21-19-16-14-12-10-8-6-4-2/h6,8-9,11-12,14-15,17,19,21,35,37-42,44-48H,3-5,7,10,13,16,18,20,22-34H2,1-2H3,(H,49,50)/b8-6-,11-9-,14-12-,17-15-,21-19-. The van der Waals surface area contributed by atoms with Crippen molar-refractivity contribution in [2.45, 2.75) is 179 Å². The van der Waals surface area contributed by atoms with E-state index in [1.807, 2.05) is 0 Å². The fourth-order valence-corrected chi connectivity index (χ4v) is 6.77. The van der Waals surface area contributed by atoms with E-state index < -0.39 is 63.1 Å². The van der Waals surface area contributed by atoms with Crippen molar-refractivity contribution >= 4 is 13.8 Å². The second-order valence-corrected chi connectivity index (χ2v) is 15.5. The van der Waals surface area contributed by atoms with Crippen molar-refractivity contribution in [3.63, 3.8) is 0 Å². The Morgan fingerprint density at radius 2 is 1.07 bits per heavy atom. The van der Waals surface area contributed by atoms with Gasteiger partial charge in [-0.2, -0.15) is 0 Å². The van der Waals surface area contributed by atoms with Gasteiger partial charge in [0.05, 0.1) is 13.2 Å². The van der Waals surface area contributed by atoms with Crippen molar-refractivity contribution in [3.05, 3.63) is 60.8 Å². The molecule has 6 unspecified atom stereocenters. The molecule has 1 saturated carbocycles. The van der Waals surface area contributed by atoms with E-state index in [1.54, 1.807) is 0 Å². The van der Waals surface area contributed by atoms with Crippen LogP contribution in [0.1, 0.15) is 136 Å². The van der Waals surface area contributed by atoms with E-state index in [9.17, 15) is 39.8 Å². The Morgan fingerprint density at radius 1 is 0.600 bits per heavy atom. The number of hydrogen-bond acceptors (Lipinski definition) is 11. The van der Waals surface area contributed by atoms with Crippen LogP contribution in [0.15, 0.2) is 60.8 Å². The monoisotopic (exact) mass is 800 g/mol. The van der Waals surface area contributed by atoms with Crippen LogP contribution in [0.5, 0.6) is 0 Å². The Morgan fingerprint density at radius 3 is 1.64 bits per heavy atom. The Kier molecular flexibility index (Phi) is 30.7. The number of rotatable bonds is 33. The molecule has 12 nitrogen and oxygen atoms in total. The first kappa shape index (κ1) is 51.1. The topological polar surface area (TPSA) is 192 Å². The number of phosphoric ester groups is 1. The maximum atomic E-state index is 12.8. The summed E-state index contributed by atoms with van der Waals surface area (Å²) in [4.78, 5) is 23.0. The molecule has 0 aromatic heterocycles. The average molecular weight is 801 g/mol. The van der Waals surface area contributed by atoms with Gasteiger partial charge in [0, 0.05) is 13.0 Å². The van der Waals surface area contributed by atoms with Gasteiger partial charge in [-0.15, -0.1) is 0 Å². The molecule has 0 aliphatic heterocycles. The molecule has 1 rings (SSSR count). The molecule has 1 aliphatic rings. The summed E-state index contributed by atoms with van der Waals surface area (Å²) in [6, 6.07) is 0. The lowest BCUT2D eigenvalue weighted by Gasteiger charge is -2.41. The van der Waals surface area contributed by atoms with Crippen LogP contribution >= 0.6 is 7.82 Å². The maximum Gasteiger partial charge on any atom is 0.472 e. The molecule has 13 heteroatoms. The van der Waals surface area contributed by atoms with E-state index >= 15 is 0 Å². The highest BCUT2D eigenvalue weighted by Crippen LogP contribution is 2.47. The Balaban J connectivity index is 2.48. The summed E-state index contributed by atoms with van der Waals surface area (Å²) in [6.07, 6.45) is 27.3. The van der Waals surface area contributed by atoms with Gasteiger partial charge in [-0.25, -0.2) is 4.57 Å². The van der Waals surface area contributed by atoms with Crippen molar-refractivity contribution < 1.29 is 58.3 Å². The van der Waals surface area contributed by atoms with Crippen LogP contribution in [0.25, 0.3) is 0 Å². The highest BCUT2D eigenvalue weighted by molar-refractivity contribution is 7.47. The molecule has 6 atom stereocenters. The number of aliphatic hydroxyl groups is 5. The molecule has 0 aromatic carbocycles. The number of aliphatic hydroxyl groups excluding tert-OH is 5. The molecule has 0 amide bonds. The zero-order valence-electron chi connectivity index (χ0n) is 33.5. The van der Waals surface area contributed by atoms with E-state index in [2.05, 4.69) is 74.6 Å². The number of hydrogen-bond donors (Lipinski definition) is 6. The molecule has 1 aliphatic carbocycles. The molecule has 0 bridgehead atoms. The number of carbonyl (C=O) groups excluding carboxylic acids is 1. The molecule has 0 heterocycles. The summed E-state index contributed by atoms with van der Waals surface area (Å²) in [5, 5.41) is 50.0. The van der Waals surface area contributed by atoms with E-state index in [0.717, 1.165) is 96.3 Å². The SMILES string of the molecule is CC/C=C\C/C=C\C/C=C\CCCCCC(=O)OC(COCCCCCCCC/C=C\C/C=C\CCCC)COP(=O)(O)OC1C(O)C(O)C(O)C(O)C1O. The minimum atomic E-state index is -5.03. The van der Waals surface area contributed by atoms with E-state index in [-0.39, 0.29) is 13.0 Å². The number of phosphoric acid groups is 1. The minimum absolute atomic E-state index is 0.0989. The van der Waals surface area contributed by atoms with Crippen LogP contribution in [0.3, 0.4) is 0 Å². The van der Waals surface area contributed by atoms with Gasteiger partial charge >= 0.3 is 13.8 Å². The third kappa shape index (κ3) is 25.8. The minimum Gasteiger partial charge on any atom is -0.457 e. The van der Waals surface area contributed by atoms with Crippen LogP contribution < -0.4 is 0 Å².